The van der Waals surface area contributed by atoms with Gasteiger partial charge in [0.2, 0.25) is 0 Å². The number of carbonyl (C=O) groups is 1. The molecule has 0 N–H and O–H groups in total. The number of nitro benzene ring substituents is 1. The summed E-state index contributed by atoms with van der Waals surface area (Å²) in [6.45, 7) is 7.50. The van der Waals surface area contributed by atoms with E-state index in [1.165, 1.54) is 24.3 Å². The van der Waals surface area contributed by atoms with Crippen LogP contribution in [-0.2, 0) is 4.74 Å². The van der Waals surface area contributed by atoms with Crippen molar-refractivity contribution in [3.8, 4) is 11.8 Å². The number of anilines is 1. The molecule has 31 heavy (non-hydrogen) atoms. The molecule has 8 heteroatoms. The Kier molecular flexibility index (Phi) is 6.44. The quantitative estimate of drug-likeness (QED) is 0.410. The second-order valence-corrected chi connectivity index (χ2v) is 8.17. The maximum absolute atomic E-state index is 13.1. The van der Waals surface area contributed by atoms with E-state index in [9.17, 15) is 19.3 Å². The molecule has 7 nitrogen and oxygen atoms in total. The van der Waals surface area contributed by atoms with Gasteiger partial charge < -0.3 is 14.5 Å². The summed E-state index contributed by atoms with van der Waals surface area (Å²) in [5.74, 6) is 5.56. The van der Waals surface area contributed by atoms with E-state index in [2.05, 4.69) is 11.8 Å². The van der Waals surface area contributed by atoms with Gasteiger partial charge in [-0.05, 0) is 51.1 Å². The molecule has 0 aliphatic carbocycles. The van der Waals surface area contributed by atoms with E-state index < -0.39 is 10.5 Å². The molecule has 1 aliphatic rings. The molecule has 162 valence electrons. The molecule has 0 unspecified atom stereocenters. The zero-order valence-electron chi connectivity index (χ0n) is 17.7. The van der Waals surface area contributed by atoms with Gasteiger partial charge in [0.15, 0.2) is 0 Å². The first-order valence-corrected chi connectivity index (χ1v) is 9.91. The molecule has 1 fully saturated rings. The molecule has 1 heterocycles. The highest BCUT2D eigenvalue weighted by Gasteiger charge is 2.27. The van der Waals surface area contributed by atoms with Crippen molar-refractivity contribution >= 4 is 17.5 Å². The maximum Gasteiger partial charge on any atom is 0.410 e. The average Bonchev–Trinajstić information content (AvgIpc) is 2.72. The Morgan fingerprint density at radius 3 is 2.29 bits per heavy atom. The lowest BCUT2D eigenvalue weighted by Crippen LogP contribution is -2.50. The van der Waals surface area contributed by atoms with Gasteiger partial charge >= 0.3 is 6.09 Å². The highest BCUT2D eigenvalue weighted by Crippen LogP contribution is 2.26. The van der Waals surface area contributed by atoms with Crippen molar-refractivity contribution in [2.24, 2.45) is 0 Å². The minimum atomic E-state index is -0.560. The number of benzene rings is 2. The Morgan fingerprint density at radius 1 is 1.06 bits per heavy atom. The first-order valence-electron chi connectivity index (χ1n) is 9.91. The van der Waals surface area contributed by atoms with Crippen LogP contribution in [0.4, 0.5) is 20.6 Å². The van der Waals surface area contributed by atoms with Crippen LogP contribution >= 0.6 is 0 Å². The third-order valence-electron chi connectivity index (χ3n) is 4.65. The summed E-state index contributed by atoms with van der Waals surface area (Å²) in [6.07, 6.45) is -0.354. The fraction of sp³-hybridized carbons (Fsp3) is 0.348. The summed E-state index contributed by atoms with van der Waals surface area (Å²) >= 11 is 0. The molecule has 1 saturated heterocycles. The number of piperazine rings is 1. The molecule has 0 atom stereocenters. The summed E-state index contributed by atoms with van der Waals surface area (Å²) in [6, 6.07) is 10.3. The van der Waals surface area contributed by atoms with Crippen molar-refractivity contribution < 1.29 is 18.8 Å². The van der Waals surface area contributed by atoms with Crippen molar-refractivity contribution in [1.82, 2.24) is 4.90 Å². The van der Waals surface area contributed by atoms with E-state index in [-0.39, 0.29) is 17.6 Å². The van der Waals surface area contributed by atoms with Crippen LogP contribution < -0.4 is 4.90 Å². The average molecular weight is 425 g/mol. The molecule has 0 radical (unpaired) electrons. The number of non-ortho nitro benzene ring substituents is 1. The van der Waals surface area contributed by atoms with E-state index >= 15 is 0 Å². The summed E-state index contributed by atoms with van der Waals surface area (Å²) in [7, 11) is 0. The fourth-order valence-electron chi connectivity index (χ4n) is 3.14. The molecular formula is C23H24FN3O4. The third kappa shape index (κ3) is 5.95. The van der Waals surface area contributed by atoms with Gasteiger partial charge in [-0.25, -0.2) is 9.18 Å². The second kappa shape index (κ2) is 9.04. The number of nitro groups is 1. The van der Waals surface area contributed by atoms with Crippen molar-refractivity contribution in [3.05, 3.63) is 69.5 Å². The molecule has 0 bridgehead atoms. The first kappa shape index (κ1) is 22.1. The van der Waals surface area contributed by atoms with Gasteiger partial charge in [-0.15, -0.1) is 0 Å². The lowest BCUT2D eigenvalue weighted by atomic mass is 10.1. The maximum atomic E-state index is 13.1. The van der Waals surface area contributed by atoms with Gasteiger partial charge in [-0.1, -0.05) is 11.8 Å². The number of amides is 1. The Balaban J connectivity index is 1.81. The zero-order chi connectivity index (χ0) is 22.6. The number of rotatable bonds is 2. The van der Waals surface area contributed by atoms with Crippen molar-refractivity contribution in [1.29, 1.82) is 0 Å². The molecule has 1 amide bonds. The van der Waals surface area contributed by atoms with E-state index in [0.29, 0.717) is 37.3 Å². The molecule has 0 saturated carbocycles. The molecule has 3 rings (SSSR count). The van der Waals surface area contributed by atoms with Crippen molar-refractivity contribution in [2.75, 3.05) is 31.1 Å². The minimum absolute atomic E-state index is 0.0560. The number of nitrogens with zero attached hydrogens (tertiary/aromatic N) is 3. The van der Waals surface area contributed by atoms with Crippen LogP contribution in [0.1, 0.15) is 31.9 Å². The van der Waals surface area contributed by atoms with E-state index in [1.807, 2.05) is 25.7 Å². The molecule has 0 spiro atoms. The molecule has 1 aliphatic heterocycles. The van der Waals surface area contributed by atoms with Gasteiger partial charge in [-0.2, -0.15) is 0 Å². The van der Waals surface area contributed by atoms with Crippen LogP contribution in [0.15, 0.2) is 42.5 Å². The molecule has 0 aromatic heterocycles. The second-order valence-electron chi connectivity index (χ2n) is 8.17. The van der Waals surface area contributed by atoms with Gasteiger partial charge in [0.05, 0.1) is 16.2 Å². The highest BCUT2D eigenvalue weighted by molar-refractivity contribution is 5.69. The van der Waals surface area contributed by atoms with E-state index in [4.69, 9.17) is 4.74 Å². The van der Waals surface area contributed by atoms with Crippen LogP contribution in [0.2, 0.25) is 0 Å². The number of ether oxygens (including phenoxy) is 1. The Morgan fingerprint density at radius 2 is 1.71 bits per heavy atom. The lowest BCUT2D eigenvalue weighted by Gasteiger charge is -2.37. The van der Waals surface area contributed by atoms with Gasteiger partial charge in [0.25, 0.3) is 5.69 Å². The molecule has 2 aromatic carbocycles. The van der Waals surface area contributed by atoms with Crippen LogP contribution in [0, 0.1) is 27.8 Å². The van der Waals surface area contributed by atoms with Crippen LogP contribution in [0.5, 0.6) is 0 Å². The summed E-state index contributed by atoms with van der Waals surface area (Å²) in [5.41, 5.74) is 1.25. The van der Waals surface area contributed by atoms with Crippen LogP contribution in [0.3, 0.4) is 0 Å². The van der Waals surface area contributed by atoms with Crippen molar-refractivity contribution in [3.63, 3.8) is 0 Å². The number of carbonyl (C=O) groups excluding carboxylic acids is 1. The summed E-state index contributed by atoms with van der Waals surface area (Å²) in [5, 5.41) is 11.2. The number of halogens is 1. The molecule has 2 aromatic rings. The summed E-state index contributed by atoms with van der Waals surface area (Å²) < 4.78 is 18.5. The zero-order valence-corrected chi connectivity index (χ0v) is 17.7. The van der Waals surface area contributed by atoms with E-state index in [0.717, 1.165) is 5.69 Å². The Bertz CT molecular complexity index is 1030. The topological polar surface area (TPSA) is 75.9 Å². The SMILES string of the molecule is CC(C)(C)OC(=O)N1CCN(c2ccc([N+](=O)[O-])cc2C#Cc2ccc(F)cc2)CC1. The van der Waals surface area contributed by atoms with Gasteiger partial charge in [-0.3, -0.25) is 10.1 Å². The standard InChI is InChI=1S/C23H24FN3O4/c1-23(2,3)31-22(28)26-14-12-25(13-15-26)21-11-10-20(27(29)30)16-18(21)7-4-17-5-8-19(24)9-6-17/h5-6,8-11,16H,12-15H2,1-3H3. The van der Waals surface area contributed by atoms with E-state index in [1.54, 1.807) is 23.1 Å². The predicted molar refractivity (Wildman–Crippen MR) is 115 cm³/mol. The lowest BCUT2D eigenvalue weighted by molar-refractivity contribution is -0.384. The minimum Gasteiger partial charge on any atom is -0.444 e. The fourth-order valence-corrected chi connectivity index (χ4v) is 3.14. The predicted octanol–water partition coefficient (Wildman–Crippen LogP) is 4.19. The Hall–Kier alpha value is -3.60. The van der Waals surface area contributed by atoms with Crippen LogP contribution in [-0.4, -0.2) is 47.7 Å². The third-order valence-corrected chi connectivity index (χ3v) is 4.65. The van der Waals surface area contributed by atoms with Crippen molar-refractivity contribution in [2.45, 2.75) is 26.4 Å². The number of hydrogen-bond acceptors (Lipinski definition) is 5. The monoisotopic (exact) mass is 425 g/mol. The largest absolute Gasteiger partial charge is 0.444 e. The normalized spacial score (nSPS) is 13.9. The number of hydrogen-bond donors (Lipinski definition) is 0. The summed E-state index contributed by atoms with van der Waals surface area (Å²) in [4.78, 5) is 26.7. The molecular weight excluding hydrogens is 401 g/mol. The van der Waals surface area contributed by atoms with Gasteiger partial charge in [0.1, 0.15) is 11.4 Å². The van der Waals surface area contributed by atoms with Crippen LogP contribution in [0.25, 0.3) is 0 Å². The van der Waals surface area contributed by atoms with Gasteiger partial charge in [0, 0.05) is 43.9 Å². The smallest absolute Gasteiger partial charge is 0.410 e. The highest BCUT2D eigenvalue weighted by atomic mass is 19.1. The Labute approximate surface area is 180 Å². The first-order chi connectivity index (χ1) is 14.6.